The molecule has 1 aliphatic rings. The molecule has 0 bridgehead atoms. The maximum absolute atomic E-state index is 12.8. The quantitative estimate of drug-likeness (QED) is 0.661. The average Bonchev–Trinajstić information content (AvgIpc) is 3.06. The van der Waals surface area contributed by atoms with Gasteiger partial charge < -0.3 is 20.1 Å². The molecule has 0 unspecified atom stereocenters. The molecule has 2 N–H and O–H groups in total. The normalized spacial score (nSPS) is 12.9. The van der Waals surface area contributed by atoms with Crippen molar-refractivity contribution in [2.24, 2.45) is 0 Å². The molecule has 0 saturated heterocycles. The van der Waals surface area contributed by atoms with Gasteiger partial charge in [0.15, 0.2) is 0 Å². The number of rotatable bonds is 8. The molecule has 150 valence electrons. The molecule has 0 radical (unpaired) electrons. The number of thiophene rings is 1. The van der Waals surface area contributed by atoms with Crippen LogP contribution in [0.2, 0.25) is 0 Å². The lowest BCUT2D eigenvalue weighted by Crippen LogP contribution is -2.28. The van der Waals surface area contributed by atoms with E-state index >= 15 is 0 Å². The SMILES string of the molecule is CCOc1ccc(C(=O)Nc2sc3c(c2C(=O)NCCOC)CCCC3)cc1. The van der Waals surface area contributed by atoms with E-state index in [0.717, 1.165) is 37.0 Å². The van der Waals surface area contributed by atoms with E-state index in [1.807, 2.05) is 6.92 Å². The molecule has 7 heteroatoms. The molecule has 2 aromatic rings. The van der Waals surface area contributed by atoms with Crippen molar-refractivity contribution in [1.29, 1.82) is 0 Å². The number of hydrogen-bond acceptors (Lipinski definition) is 5. The van der Waals surface area contributed by atoms with E-state index in [9.17, 15) is 9.59 Å². The molecule has 0 fully saturated rings. The first-order chi connectivity index (χ1) is 13.6. The van der Waals surface area contributed by atoms with Crippen LogP contribution in [0, 0.1) is 0 Å². The largest absolute Gasteiger partial charge is 0.494 e. The summed E-state index contributed by atoms with van der Waals surface area (Å²) in [7, 11) is 1.60. The van der Waals surface area contributed by atoms with E-state index in [1.54, 1.807) is 31.4 Å². The number of carbonyl (C=O) groups excluding carboxylic acids is 2. The standard InChI is InChI=1S/C21H26N2O4S/c1-3-27-15-10-8-14(9-11-15)19(24)23-21-18(20(25)22-12-13-26-2)16-6-4-5-7-17(16)28-21/h8-11H,3-7,12-13H2,1-2H3,(H,22,25)(H,23,24). The first-order valence-electron chi connectivity index (χ1n) is 9.60. The lowest BCUT2D eigenvalue weighted by molar-refractivity contribution is 0.0937. The second-order valence-electron chi connectivity index (χ2n) is 6.58. The summed E-state index contributed by atoms with van der Waals surface area (Å²) in [6.07, 6.45) is 4.01. The summed E-state index contributed by atoms with van der Waals surface area (Å²) in [6, 6.07) is 7.00. The predicted octanol–water partition coefficient (Wildman–Crippen LogP) is 3.65. The summed E-state index contributed by atoms with van der Waals surface area (Å²) in [6.45, 7) is 3.38. The number of benzene rings is 1. The minimum atomic E-state index is -0.229. The molecular weight excluding hydrogens is 376 g/mol. The summed E-state index contributed by atoms with van der Waals surface area (Å²) < 4.78 is 10.4. The highest BCUT2D eigenvalue weighted by Crippen LogP contribution is 2.38. The van der Waals surface area contributed by atoms with Crippen LogP contribution >= 0.6 is 11.3 Å². The van der Waals surface area contributed by atoms with E-state index in [4.69, 9.17) is 9.47 Å². The van der Waals surface area contributed by atoms with Crippen LogP contribution in [0.4, 0.5) is 5.00 Å². The van der Waals surface area contributed by atoms with Gasteiger partial charge in [-0.05, 0) is 62.4 Å². The van der Waals surface area contributed by atoms with Crippen molar-refractivity contribution in [3.05, 3.63) is 45.8 Å². The van der Waals surface area contributed by atoms with Crippen LogP contribution in [0.5, 0.6) is 5.75 Å². The summed E-state index contributed by atoms with van der Waals surface area (Å²) in [4.78, 5) is 26.7. The number of carbonyl (C=O) groups is 2. The van der Waals surface area contributed by atoms with Crippen LogP contribution in [0.25, 0.3) is 0 Å². The molecule has 1 aromatic heterocycles. The second-order valence-corrected chi connectivity index (χ2v) is 7.68. The van der Waals surface area contributed by atoms with Crippen LogP contribution in [0.3, 0.4) is 0 Å². The third-order valence-electron chi connectivity index (χ3n) is 4.64. The zero-order chi connectivity index (χ0) is 19.9. The number of hydrogen-bond donors (Lipinski definition) is 2. The molecule has 1 aromatic carbocycles. The Hall–Kier alpha value is -2.38. The number of amides is 2. The highest BCUT2D eigenvalue weighted by Gasteiger charge is 2.26. The minimum absolute atomic E-state index is 0.154. The zero-order valence-electron chi connectivity index (χ0n) is 16.3. The van der Waals surface area contributed by atoms with Crippen LogP contribution in [0.15, 0.2) is 24.3 Å². The van der Waals surface area contributed by atoms with E-state index in [-0.39, 0.29) is 11.8 Å². The lowest BCUT2D eigenvalue weighted by Gasteiger charge is -2.13. The number of nitrogens with one attached hydrogen (secondary N) is 2. The Labute approximate surface area is 169 Å². The van der Waals surface area contributed by atoms with Crippen molar-refractivity contribution >= 4 is 28.2 Å². The van der Waals surface area contributed by atoms with E-state index in [1.165, 1.54) is 16.2 Å². The van der Waals surface area contributed by atoms with Gasteiger partial charge in [-0.15, -0.1) is 11.3 Å². The van der Waals surface area contributed by atoms with Gasteiger partial charge in [0.2, 0.25) is 0 Å². The van der Waals surface area contributed by atoms with Crippen LogP contribution in [-0.4, -0.2) is 38.7 Å². The summed E-state index contributed by atoms with van der Waals surface area (Å²) >= 11 is 1.52. The third-order valence-corrected chi connectivity index (χ3v) is 5.85. The maximum atomic E-state index is 12.8. The van der Waals surface area contributed by atoms with Gasteiger partial charge in [-0.2, -0.15) is 0 Å². The number of ether oxygens (including phenoxy) is 2. The molecule has 0 saturated carbocycles. The minimum Gasteiger partial charge on any atom is -0.494 e. The molecule has 28 heavy (non-hydrogen) atoms. The third kappa shape index (κ3) is 4.72. The topological polar surface area (TPSA) is 76.7 Å². The predicted molar refractivity (Wildman–Crippen MR) is 111 cm³/mol. The smallest absolute Gasteiger partial charge is 0.256 e. The first kappa shape index (κ1) is 20.4. The fraction of sp³-hybridized carbons (Fsp3) is 0.429. The summed E-state index contributed by atoms with van der Waals surface area (Å²) in [5.41, 5.74) is 2.21. The van der Waals surface area contributed by atoms with E-state index < -0.39 is 0 Å². The number of methoxy groups -OCH3 is 1. The van der Waals surface area contributed by atoms with Crippen LogP contribution in [-0.2, 0) is 17.6 Å². The highest BCUT2D eigenvalue weighted by molar-refractivity contribution is 7.17. The van der Waals surface area contributed by atoms with Gasteiger partial charge in [0.25, 0.3) is 11.8 Å². The molecule has 0 aliphatic heterocycles. The molecule has 1 aliphatic carbocycles. The molecule has 0 spiro atoms. The van der Waals surface area contributed by atoms with Gasteiger partial charge >= 0.3 is 0 Å². The van der Waals surface area contributed by atoms with Gasteiger partial charge in [0, 0.05) is 24.1 Å². The fourth-order valence-corrected chi connectivity index (χ4v) is 4.58. The monoisotopic (exact) mass is 402 g/mol. The van der Waals surface area contributed by atoms with E-state index in [2.05, 4.69) is 10.6 Å². The second kappa shape index (κ2) is 9.71. The van der Waals surface area contributed by atoms with Crippen molar-refractivity contribution in [1.82, 2.24) is 5.32 Å². The first-order valence-corrected chi connectivity index (χ1v) is 10.4. The van der Waals surface area contributed by atoms with Crippen molar-refractivity contribution < 1.29 is 19.1 Å². The van der Waals surface area contributed by atoms with Crippen LogP contribution in [0.1, 0.15) is 50.9 Å². The van der Waals surface area contributed by atoms with Gasteiger partial charge in [-0.25, -0.2) is 0 Å². The Balaban J connectivity index is 1.81. The molecule has 3 rings (SSSR count). The van der Waals surface area contributed by atoms with Gasteiger partial charge in [-0.1, -0.05) is 0 Å². The Morgan fingerprint density at radius 1 is 1.11 bits per heavy atom. The van der Waals surface area contributed by atoms with Crippen molar-refractivity contribution in [2.45, 2.75) is 32.6 Å². The Morgan fingerprint density at radius 2 is 1.86 bits per heavy atom. The molecule has 6 nitrogen and oxygen atoms in total. The lowest BCUT2D eigenvalue weighted by atomic mass is 9.95. The van der Waals surface area contributed by atoms with Crippen molar-refractivity contribution in [3.8, 4) is 5.75 Å². The molecule has 1 heterocycles. The van der Waals surface area contributed by atoms with Gasteiger partial charge in [-0.3, -0.25) is 9.59 Å². The number of anilines is 1. The molecule has 2 amide bonds. The Morgan fingerprint density at radius 3 is 2.57 bits per heavy atom. The Kier molecular flexibility index (Phi) is 7.06. The van der Waals surface area contributed by atoms with Gasteiger partial charge in [0.05, 0.1) is 18.8 Å². The summed E-state index contributed by atoms with van der Waals surface area (Å²) in [5.74, 6) is 0.342. The van der Waals surface area contributed by atoms with E-state index in [0.29, 0.717) is 35.9 Å². The van der Waals surface area contributed by atoms with Gasteiger partial charge in [0.1, 0.15) is 10.8 Å². The van der Waals surface area contributed by atoms with Crippen molar-refractivity contribution in [3.63, 3.8) is 0 Å². The zero-order valence-corrected chi connectivity index (χ0v) is 17.1. The number of aryl methyl sites for hydroxylation is 1. The summed E-state index contributed by atoms with van der Waals surface area (Å²) in [5, 5.41) is 6.47. The fourth-order valence-electron chi connectivity index (χ4n) is 3.29. The van der Waals surface area contributed by atoms with Crippen molar-refractivity contribution in [2.75, 3.05) is 32.2 Å². The molecular formula is C21H26N2O4S. The highest BCUT2D eigenvalue weighted by atomic mass is 32.1. The number of fused-ring (bicyclic) bond motifs is 1. The average molecular weight is 403 g/mol. The van der Waals surface area contributed by atoms with Crippen LogP contribution < -0.4 is 15.4 Å². The molecule has 0 atom stereocenters. The Bertz CT molecular complexity index is 830. The maximum Gasteiger partial charge on any atom is 0.256 e.